The summed E-state index contributed by atoms with van der Waals surface area (Å²) in [5.41, 5.74) is 0.914. The van der Waals surface area contributed by atoms with Crippen molar-refractivity contribution in [2.24, 2.45) is 0 Å². The molecule has 0 heterocycles. The summed E-state index contributed by atoms with van der Waals surface area (Å²) in [6.45, 7) is 0.0713. The lowest BCUT2D eigenvalue weighted by Gasteiger charge is -2.06. The van der Waals surface area contributed by atoms with Crippen LogP contribution in [-0.4, -0.2) is 5.11 Å². The van der Waals surface area contributed by atoms with Crippen LogP contribution in [0.3, 0.4) is 0 Å². The van der Waals surface area contributed by atoms with Crippen LogP contribution in [0, 0.1) is 0 Å². The van der Waals surface area contributed by atoms with Gasteiger partial charge in [0.25, 0.3) is 0 Å². The number of benzene rings is 2. The van der Waals surface area contributed by atoms with E-state index in [0.717, 1.165) is 19.4 Å². The Kier molecular flexibility index (Phi) is 4.68. The standard InChI is InChI=1S/C13H10Br2OS/c14-10-2-4-11(5-3-10)17-13-6-1-9(8-16)7-12(13)15/h1-7,16H,8H2. The van der Waals surface area contributed by atoms with Gasteiger partial charge in [-0.25, -0.2) is 0 Å². The van der Waals surface area contributed by atoms with Gasteiger partial charge in [0.05, 0.1) is 6.61 Å². The van der Waals surface area contributed by atoms with Crippen molar-refractivity contribution in [1.29, 1.82) is 0 Å². The molecule has 0 atom stereocenters. The van der Waals surface area contributed by atoms with Gasteiger partial charge in [-0.2, -0.15) is 0 Å². The molecule has 0 saturated heterocycles. The second-order valence-electron chi connectivity index (χ2n) is 3.48. The van der Waals surface area contributed by atoms with Crippen LogP contribution in [0.2, 0.25) is 0 Å². The Hall–Kier alpha value is -0.290. The fourth-order valence-corrected chi connectivity index (χ4v) is 3.11. The highest BCUT2D eigenvalue weighted by Crippen LogP contribution is 2.34. The smallest absolute Gasteiger partial charge is 0.0682 e. The van der Waals surface area contributed by atoms with Gasteiger partial charge < -0.3 is 5.11 Å². The van der Waals surface area contributed by atoms with Crippen LogP contribution >= 0.6 is 43.6 Å². The van der Waals surface area contributed by atoms with Crippen LogP contribution < -0.4 is 0 Å². The Morgan fingerprint density at radius 3 is 2.29 bits per heavy atom. The monoisotopic (exact) mass is 372 g/mol. The molecule has 1 N–H and O–H groups in total. The van der Waals surface area contributed by atoms with Crippen molar-refractivity contribution in [3.63, 3.8) is 0 Å². The van der Waals surface area contributed by atoms with Crippen LogP contribution in [0.5, 0.6) is 0 Å². The summed E-state index contributed by atoms with van der Waals surface area (Å²) in [6.07, 6.45) is 0. The van der Waals surface area contributed by atoms with E-state index in [2.05, 4.69) is 44.0 Å². The van der Waals surface area contributed by atoms with E-state index in [4.69, 9.17) is 5.11 Å². The van der Waals surface area contributed by atoms with Gasteiger partial charge in [-0.3, -0.25) is 0 Å². The van der Waals surface area contributed by atoms with E-state index >= 15 is 0 Å². The molecule has 0 aliphatic rings. The molecular weight excluding hydrogens is 364 g/mol. The summed E-state index contributed by atoms with van der Waals surface area (Å²) in [5, 5.41) is 9.04. The maximum absolute atomic E-state index is 9.04. The molecule has 0 spiro atoms. The van der Waals surface area contributed by atoms with Gasteiger partial charge in [-0.1, -0.05) is 33.8 Å². The lowest BCUT2D eigenvalue weighted by Crippen LogP contribution is -1.84. The van der Waals surface area contributed by atoms with Crippen LogP contribution in [0.4, 0.5) is 0 Å². The average Bonchev–Trinajstić information content (AvgIpc) is 2.34. The molecule has 17 heavy (non-hydrogen) atoms. The predicted molar refractivity (Wildman–Crippen MR) is 78.3 cm³/mol. The summed E-state index contributed by atoms with van der Waals surface area (Å²) >= 11 is 8.63. The highest BCUT2D eigenvalue weighted by Gasteiger charge is 2.03. The molecule has 88 valence electrons. The van der Waals surface area contributed by atoms with Crippen LogP contribution in [0.25, 0.3) is 0 Å². The van der Waals surface area contributed by atoms with E-state index in [1.54, 1.807) is 11.8 Å². The number of rotatable bonds is 3. The van der Waals surface area contributed by atoms with Crippen LogP contribution in [-0.2, 0) is 6.61 Å². The Morgan fingerprint density at radius 1 is 1.00 bits per heavy atom. The van der Waals surface area contributed by atoms with Crippen molar-refractivity contribution in [3.8, 4) is 0 Å². The molecule has 0 aliphatic carbocycles. The van der Waals surface area contributed by atoms with Crippen molar-refractivity contribution >= 4 is 43.6 Å². The quantitative estimate of drug-likeness (QED) is 0.829. The van der Waals surface area contributed by atoms with Gasteiger partial charge in [0.1, 0.15) is 0 Å². The normalized spacial score (nSPS) is 10.5. The third-order valence-corrected chi connectivity index (χ3v) is 4.75. The fourth-order valence-electron chi connectivity index (χ4n) is 1.36. The zero-order valence-corrected chi connectivity index (χ0v) is 12.8. The van der Waals surface area contributed by atoms with Gasteiger partial charge in [-0.15, -0.1) is 0 Å². The molecule has 0 fully saturated rings. The molecule has 0 aliphatic heterocycles. The molecule has 0 saturated carbocycles. The van der Waals surface area contributed by atoms with Crippen molar-refractivity contribution < 1.29 is 5.11 Å². The van der Waals surface area contributed by atoms with Gasteiger partial charge in [0, 0.05) is 18.7 Å². The summed E-state index contributed by atoms with van der Waals surface area (Å²) in [6, 6.07) is 14.1. The Balaban J connectivity index is 2.21. The minimum absolute atomic E-state index is 0.0713. The summed E-state index contributed by atoms with van der Waals surface area (Å²) in [7, 11) is 0. The van der Waals surface area contributed by atoms with E-state index in [1.165, 1.54) is 4.90 Å². The topological polar surface area (TPSA) is 20.2 Å². The largest absolute Gasteiger partial charge is 0.392 e. The van der Waals surface area contributed by atoms with E-state index in [9.17, 15) is 0 Å². The highest BCUT2D eigenvalue weighted by atomic mass is 79.9. The first-order valence-corrected chi connectivity index (χ1v) is 7.42. The molecule has 1 nitrogen and oxygen atoms in total. The Bertz CT molecular complexity index is 511. The van der Waals surface area contributed by atoms with E-state index in [1.807, 2.05) is 30.3 Å². The second kappa shape index (κ2) is 6.05. The third kappa shape index (κ3) is 3.58. The van der Waals surface area contributed by atoms with Gasteiger partial charge in [0.2, 0.25) is 0 Å². The molecule has 2 rings (SSSR count). The SMILES string of the molecule is OCc1ccc(Sc2ccc(Br)cc2)c(Br)c1. The number of aliphatic hydroxyl groups excluding tert-OH is 1. The molecule has 4 heteroatoms. The zero-order valence-electron chi connectivity index (χ0n) is 8.86. The lowest BCUT2D eigenvalue weighted by molar-refractivity contribution is 0.281. The van der Waals surface area contributed by atoms with Crippen LogP contribution in [0.1, 0.15) is 5.56 Å². The molecular formula is C13H10Br2OS. The number of aliphatic hydroxyl groups is 1. The summed E-state index contributed by atoms with van der Waals surface area (Å²) in [5.74, 6) is 0. The van der Waals surface area contributed by atoms with Crippen molar-refractivity contribution in [1.82, 2.24) is 0 Å². The summed E-state index contributed by atoms with van der Waals surface area (Å²) < 4.78 is 2.09. The number of hydrogen-bond donors (Lipinski definition) is 1. The Labute approximate surface area is 122 Å². The maximum Gasteiger partial charge on any atom is 0.0682 e. The van der Waals surface area contributed by atoms with Gasteiger partial charge >= 0.3 is 0 Å². The molecule has 0 bridgehead atoms. The van der Waals surface area contributed by atoms with Gasteiger partial charge in [-0.05, 0) is 57.9 Å². The molecule has 0 unspecified atom stereocenters. The minimum Gasteiger partial charge on any atom is -0.392 e. The van der Waals surface area contributed by atoms with Crippen molar-refractivity contribution in [3.05, 3.63) is 57.0 Å². The second-order valence-corrected chi connectivity index (χ2v) is 6.36. The molecule has 2 aromatic rings. The predicted octanol–water partition coefficient (Wildman–Crippen LogP) is 4.86. The Morgan fingerprint density at radius 2 is 1.71 bits per heavy atom. The van der Waals surface area contributed by atoms with Crippen molar-refractivity contribution in [2.45, 2.75) is 16.4 Å². The molecule has 0 radical (unpaired) electrons. The highest BCUT2D eigenvalue weighted by molar-refractivity contribution is 9.10. The van der Waals surface area contributed by atoms with Crippen molar-refractivity contribution in [2.75, 3.05) is 0 Å². The zero-order chi connectivity index (χ0) is 12.3. The van der Waals surface area contributed by atoms with E-state index in [-0.39, 0.29) is 6.61 Å². The minimum atomic E-state index is 0.0713. The van der Waals surface area contributed by atoms with Crippen LogP contribution in [0.15, 0.2) is 61.2 Å². The van der Waals surface area contributed by atoms with E-state index < -0.39 is 0 Å². The summed E-state index contributed by atoms with van der Waals surface area (Å²) in [4.78, 5) is 2.33. The molecule has 0 aromatic heterocycles. The molecule has 0 amide bonds. The fraction of sp³-hybridized carbons (Fsp3) is 0.0769. The number of halogens is 2. The average molecular weight is 374 g/mol. The van der Waals surface area contributed by atoms with Gasteiger partial charge in [0.15, 0.2) is 0 Å². The first-order valence-electron chi connectivity index (χ1n) is 5.02. The first-order chi connectivity index (χ1) is 8.19. The number of hydrogen-bond acceptors (Lipinski definition) is 2. The first kappa shape index (κ1) is 13.1. The lowest BCUT2D eigenvalue weighted by atomic mass is 10.2. The third-order valence-electron chi connectivity index (χ3n) is 2.22. The van der Waals surface area contributed by atoms with E-state index in [0.29, 0.717) is 0 Å². The molecule has 2 aromatic carbocycles. The maximum atomic E-state index is 9.04.